The molecule has 0 aromatic heterocycles. The summed E-state index contributed by atoms with van der Waals surface area (Å²) in [5.74, 6) is -0.520. The van der Waals surface area contributed by atoms with Crippen molar-refractivity contribution in [1.82, 2.24) is 0 Å². The first-order valence-electron chi connectivity index (χ1n) is 3.75. The Kier molecular flexibility index (Phi) is 2.54. The van der Waals surface area contributed by atoms with Crippen LogP contribution in [-0.4, -0.2) is 17.7 Å². The number of rotatable bonds is 0. The lowest BCUT2D eigenvalue weighted by Crippen LogP contribution is -2.11. The average Bonchev–Trinajstić information content (AvgIpc) is 2.12. The normalized spacial score (nSPS) is 19.2. The number of carbonyl (C=O) groups excluding carboxylic acids is 1. The molecule has 1 heterocycles. The number of hydrogen-bond donors (Lipinski definition) is 0. The van der Waals surface area contributed by atoms with Crippen LogP contribution in [0.5, 0.6) is 0 Å². The Morgan fingerprint density at radius 3 is 2.54 bits per heavy atom. The van der Waals surface area contributed by atoms with Crippen LogP contribution in [0.4, 0.5) is 13.2 Å². The van der Waals surface area contributed by atoms with E-state index in [4.69, 9.17) is 0 Å². The number of allylic oxidation sites excluding steroid dienone is 2. The molecule has 5 heteroatoms. The van der Waals surface area contributed by atoms with Gasteiger partial charge in [-0.2, -0.15) is 13.2 Å². The van der Waals surface area contributed by atoms with Crippen molar-refractivity contribution < 1.29 is 18.0 Å². The van der Waals surface area contributed by atoms with Gasteiger partial charge >= 0.3 is 6.18 Å². The Hall–Kier alpha value is -1.13. The van der Waals surface area contributed by atoms with Crippen LogP contribution in [0.3, 0.4) is 0 Å². The monoisotopic (exact) mass is 191 g/mol. The van der Waals surface area contributed by atoms with Crippen LogP contribution in [0.25, 0.3) is 0 Å². The highest BCUT2D eigenvalue weighted by Gasteiger charge is 2.35. The van der Waals surface area contributed by atoms with Crippen LogP contribution in [-0.2, 0) is 4.79 Å². The van der Waals surface area contributed by atoms with Crippen molar-refractivity contribution in [1.29, 1.82) is 0 Å². The maximum atomic E-state index is 12.1. The summed E-state index contributed by atoms with van der Waals surface area (Å²) in [6, 6.07) is 0. The van der Waals surface area contributed by atoms with Crippen LogP contribution >= 0.6 is 0 Å². The lowest BCUT2D eigenvalue weighted by Gasteiger charge is -2.05. The molecule has 1 rings (SSSR count). The largest absolute Gasteiger partial charge is 0.433 e. The zero-order valence-corrected chi connectivity index (χ0v) is 6.98. The van der Waals surface area contributed by atoms with Gasteiger partial charge in [0.1, 0.15) is 5.70 Å². The second kappa shape index (κ2) is 3.32. The molecule has 0 N–H and O–H groups in total. The maximum Gasteiger partial charge on any atom is 0.433 e. The summed E-state index contributed by atoms with van der Waals surface area (Å²) in [5, 5.41) is 0. The molecule has 0 atom stereocenters. The zero-order chi connectivity index (χ0) is 10.1. The summed E-state index contributed by atoms with van der Waals surface area (Å²) in [4.78, 5) is 14.2. The van der Waals surface area contributed by atoms with Crippen molar-refractivity contribution in [3.63, 3.8) is 0 Å². The Labute approximate surface area is 73.2 Å². The number of alkyl halides is 3. The van der Waals surface area contributed by atoms with Gasteiger partial charge in [0.05, 0.1) is 0 Å². The van der Waals surface area contributed by atoms with Gasteiger partial charge in [-0.25, -0.2) is 0 Å². The molecule has 0 aliphatic carbocycles. The third-order valence-corrected chi connectivity index (χ3v) is 1.63. The second-order valence-electron chi connectivity index (χ2n) is 2.84. The molecule has 0 saturated heterocycles. The molecular formula is C8H8F3NO. The Bertz CT molecular complexity index is 288. The van der Waals surface area contributed by atoms with E-state index in [1.54, 1.807) is 0 Å². The number of aliphatic imine (C=N–C) groups is 1. The molecule has 0 amide bonds. The van der Waals surface area contributed by atoms with Gasteiger partial charge in [0.15, 0.2) is 5.78 Å². The van der Waals surface area contributed by atoms with Crippen molar-refractivity contribution in [2.24, 2.45) is 4.99 Å². The molecule has 0 fully saturated rings. The minimum Gasteiger partial charge on any atom is -0.295 e. The fourth-order valence-corrected chi connectivity index (χ4v) is 0.968. The van der Waals surface area contributed by atoms with E-state index in [0.717, 1.165) is 0 Å². The molecule has 1 aliphatic rings. The van der Waals surface area contributed by atoms with Gasteiger partial charge in [0, 0.05) is 18.2 Å². The molecule has 0 bridgehead atoms. The van der Waals surface area contributed by atoms with E-state index in [1.165, 1.54) is 6.92 Å². The number of carbonyl (C=O) groups is 1. The number of hydrogen-bond acceptors (Lipinski definition) is 2. The molecule has 0 aromatic carbocycles. The van der Waals surface area contributed by atoms with E-state index in [0.29, 0.717) is 18.2 Å². The van der Waals surface area contributed by atoms with Crippen molar-refractivity contribution in [2.75, 3.05) is 0 Å². The van der Waals surface area contributed by atoms with Crippen molar-refractivity contribution in [3.8, 4) is 0 Å². The molecule has 0 spiro atoms. The first-order chi connectivity index (χ1) is 5.89. The van der Waals surface area contributed by atoms with E-state index >= 15 is 0 Å². The van der Waals surface area contributed by atoms with Gasteiger partial charge in [-0.1, -0.05) is 0 Å². The van der Waals surface area contributed by atoms with Crippen LogP contribution < -0.4 is 0 Å². The fourth-order valence-electron chi connectivity index (χ4n) is 0.968. The molecule has 0 saturated carbocycles. The lowest BCUT2D eigenvalue weighted by molar-refractivity contribution is -0.116. The van der Waals surface area contributed by atoms with Crippen molar-refractivity contribution in [3.05, 3.63) is 11.8 Å². The number of halogens is 3. The Morgan fingerprint density at radius 2 is 2.00 bits per heavy atom. The predicted octanol–water partition coefficient (Wildman–Crippen LogP) is 2.26. The Morgan fingerprint density at radius 1 is 1.38 bits per heavy atom. The smallest absolute Gasteiger partial charge is 0.295 e. The van der Waals surface area contributed by atoms with Crippen LogP contribution in [0, 0.1) is 0 Å². The van der Waals surface area contributed by atoms with E-state index in [9.17, 15) is 18.0 Å². The highest BCUT2D eigenvalue weighted by atomic mass is 19.4. The molecule has 1 aliphatic heterocycles. The van der Waals surface area contributed by atoms with E-state index in [2.05, 4.69) is 4.99 Å². The minimum atomic E-state index is -4.53. The fraction of sp³-hybridized carbons (Fsp3) is 0.500. The summed E-state index contributed by atoms with van der Waals surface area (Å²) >= 11 is 0. The summed E-state index contributed by atoms with van der Waals surface area (Å²) < 4.78 is 36.4. The summed E-state index contributed by atoms with van der Waals surface area (Å²) in [6.07, 6.45) is -3.55. The quantitative estimate of drug-likeness (QED) is 0.577. The molecule has 2 nitrogen and oxygen atoms in total. The molecule has 0 radical (unpaired) electrons. The van der Waals surface area contributed by atoms with Crippen molar-refractivity contribution >= 4 is 11.5 Å². The topological polar surface area (TPSA) is 29.4 Å². The third-order valence-electron chi connectivity index (χ3n) is 1.63. The maximum absolute atomic E-state index is 12.1. The number of ketones is 1. The van der Waals surface area contributed by atoms with Crippen LogP contribution in [0.1, 0.15) is 19.8 Å². The lowest BCUT2D eigenvalue weighted by atomic mass is 10.2. The van der Waals surface area contributed by atoms with Gasteiger partial charge in [-0.3, -0.25) is 9.79 Å². The minimum absolute atomic E-state index is 0.106. The molecule has 13 heavy (non-hydrogen) atoms. The third kappa shape index (κ3) is 2.68. The summed E-state index contributed by atoms with van der Waals surface area (Å²) in [7, 11) is 0. The van der Waals surface area contributed by atoms with Gasteiger partial charge in [0.2, 0.25) is 0 Å². The van der Waals surface area contributed by atoms with E-state index in [1.807, 2.05) is 0 Å². The molecule has 0 unspecified atom stereocenters. The molecule has 72 valence electrons. The SMILES string of the molecule is CC1=NC(C(F)(F)F)=CC(=O)CC1. The number of nitrogens with zero attached hydrogens (tertiary/aromatic N) is 1. The molecular weight excluding hydrogens is 183 g/mol. The average molecular weight is 191 g/mol. The second-order valence-corrected chi connectivity index (χ2v) is 2.84. The van der Waals surface area contributed by atoms with E-state index in [-0.39, 0.29) is 6.42 Å². The first kappa shape index (κ1) is 9.95. The van der Waals surface area contributed by atoms with Gasteiger partial charge in [-0.05, 0) is 13.3 Å². The van der Waals surface area contributed by atoms with Gasteiger partial charge < -0.3 is 0 Å². The van der Waals surface area contributed by atoms with E-state index < -0.39 is 17.7 Å². The van der Waals surface area contributed by atoms with Gasteiger partial charge in [0.25, 0.3) is 0 Å². The zero-order valence-electron chi connectivity index (χ0n) is 6.98. The van der Waals surface area contributed by atoms with Crippen LogP contribution in [0.2, 0.25) is 0 Å². The molecule has 0 aromatic rings. The van der Waals surface area contributed by atoms with Crippen molar-refractivity contribution in [2.45, 2.75) is 25.9 Å². The summed E-state index contributed by atoms with van der Waals surface area (Å²) in [5.41, 5.74) is -0.748. The predicted molar refractivity (Wildman–Crippen MR) is 41.5 cm³/mol. The standard InChI is InChI=1S/C8H8F3NO/c1-5-2-3-6(13)4-7(12-5)8(9,10)11/h4H,2-3H2,1H3. The Balaban J connectivity index is 3.02. The highest BCUT2D eigenvalue weighted by Crippen LogP contribution is 2.28. The first-order valence-corrected chi connectivity index (χ1v) is 3.75. The highest BCUT2D eigenvalue weighted by molar-refractivity contribution is 5.96. The van der Waals surface area contributed by atoms with Gasteiger partial charge in [-0.15, -0.1) is 0 Å². The summed E-state index contributed by atoms with van der Waals surface area (Å²) in [6.45, 7) is 1.48. The van der Waals surface area contributed by atoms with Crippen LogP contribution in [0.15, 0.2) is 16.8 Å².